The fraction of sp³-hybridized carbons (Fsp3) is 0.611. The third-order valence-electron chi connectivity index (χ3n) is 4.92. The van der Waals surface area contributed by atoms with Crippen LogP contribution in [0.15, 0.2) is 24.3 Å². The summed E-state index contributed by atoms with van der Waals surface area (Å²) in [7, 11) is 0. The van der Waals surface area contributed by atoms with Crippen LogP contribution in [0.4, 0.5) is 5.69 Å². The summed E-state index contributed by atoms with van der Waals surface area (Å²) in [6.45, 7) is 4.32. The number of benzene rings is 1. The van der Waals surface area contributed by atoms with E-state index in [2.05, 4.69) is 36.1 Å². The average Bonchev–Trinajstić information content (AvgIpc) is 2.66. The minimum absolute atomic E-state index is 0.255. The Morgan fingerprint density at radius 3 is 2.95 bits per heavy atom. The lowest BCUT2D eigenvalue weighted by Crippen LogP contribution is -2.36. The second kappa shape index (κ2) is 5.99. The van der Waals surface area contributed by atoms with E-state index in [0.717, 1.165) is 32.4 Å². The van der Waals surface area contributed by atoms with Gasteiger partial charge in [0.1, 0.15) is 5.78 Å². The standard InChI is InChI=1S/C18H25NO/c1-14-9-10-18(20)16(12-14)13-19-11-5-4-7-15-6-2-3-8-17(15)19/h2-3,6,8,14,16H,4-5,7,9-13H2,1H3. The molecule has 1 saturated carbocycles. The zero-order valence-corrected chi connectivity index (χ0v) is 12.5. The molecule has 0 amide bonds. The number of rotatable bonds is 2. The van der Waals surface area contributed by atoms with Crippen molar-refractivity contribution in [2.24, 2.45) is 11.8 Å². The number of para-hydroxylation sites is 1. The van der Waals surface area contributed by atoms with E-state index in [-0.39, 0.29) is 5.92 Å². The number of carbonyl (C=O) groups is 1. The molecular weight excluding hydrogens is 246 g/mol. The lowest BCUT2D eigenvalue weighted by Gasteiger charge is -2.32. The highest BCUT2D eigenvalue weighted by Crippen LogP contribution is 2.31. The smallest absolute Gasteiger partial charge is 0.137 e. The summed E-state index contributed by atoms with van der Waals surface area (Å²) < 4.78 is 0. The van der Waals surface area contributed by atoms with Crippen LogP contribution in [0.5, 0.6) is 0 Å². The van der Waals surface area contributed by atoms with Crippen LogP contribution in [-0.2, 0) is 11.2 Å². The number of hydrogen-bond acceptors (Lipinski definition) is 2. The molecule has 0 saturated heterocycles. The van der Waals surface area contributed by atoms with Crippen molar-refractivity contribution in [1.29, 1.82) is 0 Å². The molecule has 1 heterocycles. The molecule has 1 aliphatic carbocycles. The van der Waals surface area contributed by atoms with Crippen molar-refractivity contribution in [2.45, 2.75) is 45.4 Å². The molecule has 0 N–H and O–H groups in total. The molecule has 0 spiro atoms. The number of anilines is 1. The first-order valence-corrected chi connectivity index (χ1v) is 8.09. The molecule has 1 aromatic rings. The van der Waals surface area contributed by atoms with Gasteiger partial charge in [0.2, 0.25) is 0 Å². The van der Waals surface area contributed by atoms with E-state index in [0.29, 0.717) is 11.7 Å². The van der Waals surface area contributed by atoms with Crippen LogP contribution in [0.2, 0.25) is 0 Å². The van der Waals surface area contributed by atoms with E-state index in [4.69, 9.17) is 0 Å². The van der Waals surface area contributed by atoms with E-state index < -0.39 is 0 Å². The van der Waals surface area contributed by atoms with E-state index in [9.17, 15) is 4.79 Å². The summed E-state index contributed by atoms with van der Waals surface area (Å²) in [5.74, 6) is 1.45. The second-order valence-corrected chi connectivity index (χ2v) is 6.57. The molecule has 2 atom stereocenters. The molecule has 3 rings (SSSR count). The fourth-order valence-corrected chi connectivity index (χ4v) is 3.73. The zero-order valence-electron chi connectivity index (χ0n) is 12.5. The maximum Gasteiger partial charge on any atom is 0.137 e. The van der Waals surface area contributed by atoms with Gasteiger partial charge in [-0.15, -0.1) is 0 Å². The van der Waals surface area contributed by atoms with Gasteiger partial charge in [0.05, 0.1) is 0 Å². The summed E-state index contributed by atoms with van der Waals surface area (Å²) in [5, 5.41) is 0. The molecule has 2 unspecified atom stereocenters. The molecule has 2 nitrogen and oxygen atoms in total. The first-order valence-electron chi connectivity index (χ1n) is 8.09. The molecule has 0 aromatic heterocycles. The normalized spacial score (nSPS) is 27.1. The Hall–Kier alpha value is -1.31. The molecule has 2 aliphatic rings. The zero-order chi connectivity index (χ0) is 13.9. The highest BCUT2D eigenvalue weighted by Gasteiger charge is 2.29. The monoisotopic (exact) mass is 271 g/mol. The summed E-state index contributed by atoms with van der Waals surface area (Å²) in [4.78, 5) is 14.7. The van der Waals surface area contributed by atoms with Crippen molar-refractivity contribution >= 4 is 11.5 Å². The highest BCUT2D eigenvalue weighted by molar-refractivity contribution is 5.82. The molecule has 20 heavy (non-hydrogen) atoms. The van der Waals surface area contributed by atoms with Gasteiger partial charge in [0.15, 0.2) is 0 Å². The predicted octanol–water partition coefficient (Wildman–Crippen LogP) is 3.83. The van der Waals surface area contributed by atoms with Crippen LogP contribution in [0, 0.1) is 11.8 Å². The van der Waals surface area contributed by atoms with Gasteiger partial charge in [-0.1, -0.05) is 25.1 Å². The van der Waals surface area contributed by atoms with E-state index in [1.807, 2.05) is 0 Å². The second-order valence-electron chi connectivity index (χ2n) is 6.57. The van der Waals surface area contributed by atoms with Crippen molar-refractivity contribution < 1.29 is 4.79 Å². The third-order valence-corrected chi connectivity index (χ3v) is 4.92. The van der Waals surface area contributed by atoms with Crippen LogP contribution in [0.3, 0.4) is 0 Å². The van der Waals surface area contributed by atoms with Crippen molar-refractivity contribution in [2.75, 3.05) is 18.0 Å². The first-order chi connectivity index (χ1) is 9.74. The largest absolute Gasteiger partial charge is 0.371 e. The molecule has 1 aliphatic heterocycles. The van der Waals surface area contributed by atoms with Crippen molar-refractivity contribution in [3.8, 4) is 0 Å². The van der Waals surface area contributed by atoms with Gasteiger partial charge in [0.25, 0.3) is 0 Å². The van der Waals surface area contributed by atoms with Crippen LogP contribution >= 0.6 is 0 Å². The molecule has 0 radical (unpaired) electrons. The topological polar surface area (TPSA) is 20.3 Å². The maximum absolute atomic E-state index is 12.2. The predicted molar refractivity (Wildman–Crippen MR) is 83.1 cm³/mol. The molecule has 2 heteroatoms. The minimum Gasteiger partial charge on any atom is -0.371 e. The molecule has 108 valence electrons. The van der Waals surface area contributed by atoms with Gasteiger partial charge >= 0.3 is 0 Å². The van der Waals surface area contributed by atoms with Crippen molar-refractivity contribution in [3.05, 3.63) is 29.8 Å². The summed E-state index contributed by atoms with van der Waals surface area (Å²) in [5.41, 5.74) is 2.83. The van der Waals surface area contributed by atoms with Crippen LogP contribution in [-0.4, -0.2) is 18.9 Å². The molecule has 1 aromatic carbocycles. The van der Waals surface area contributed by atoms with Gasteiger partial charge in [-0.3, -0.25) is 4.79 Å². The van der Waals surface area contributed by atoms with Gasteiger partial charge in [-0.05, 0) is 49.7 Å². The van der Waals surface area contributed by atoms with Crippen molar-refractivity contribution in [3.63, 3.8) is 0 Å². The Kier molecular flexibility index (Phi) is 4.09. The van der Waals surface area contributed by atoms with Crippen LogP contribution in [0.1, 0.15) is 44.6 Å². The molecule has 0 bridgehead atoms. The minimum atomic E-state index is 0.255. The summed E-state index contributed by atoms with van der Waals surface area (Å²) in [6.07, 6.45) is 6.65. The first kappa shape index (κ1) is 13.7. The van der Waals surface area contributed by atoms with E-state index >= 15 is 0 Å². The lowest BCUT2D eigenvalue weighted by atomic mass is 9.81. The third kappa shape index (κ3) is 2.89. The maximum atomic E-state index is 12.2. The Morgan fingerprint density at radius 1 is 1.20 bits per heavy atom. The Morgan fingerprint density at radius 2 is 2.05 bits per heavy atom. The van der Waals surface area contributed by atoms with Gasteiger partial charge in [0, 0.05) is 31.1 Å². The number of hydrogen-bond donors (Lipinski definition) is 0. The Bertz CT molecular complexity index is 482. The van der Waals surface area contributed by atoms with Gasteiger partial charge < -0.3 is 4.90 Å². The fourth-order valence-electron chi connectivity index (χ4n) is 3.73. The summed E-state index contributed by atoms with van der Waals surface area (Å²) in [6, 6.07) is 8.75. The lowest BCUT2D eigenvalue weighted by molar-refractivity contribution is -0.125. The average molecular weight is 271 g/mol. The number of carbonyl (C=O) groups excluding carboxylic acids is 1. The number of aryl methyl sites for hydroxylation is 1. The molecule has 1 fully saturated rings. The quantitative estimate of drug-likeness (QED) is 0.814. The van der Waals surface area contributed by atoms with E-state index in [1.54, 1.807) is 0 Å². The van der Waals surface area contributed by atoms with Gasteiger partial charge in [-0.2, -0.15) is 0 Å². The van der Waals surface area contributed by atoms with Crippen LogP contribution in [0.25, 0.3) is 0 Å². The van der Waals surface area contributed by atoms with E-state index in [1.165, 1.54) is 30.5 Å². The Balaban J connectivity index is 1.78. The van der Waals surface area contributed by atoms with Gasteiger partial charge in [-0.25, -0.2) is 0 Å². The number of ketones is 1. The van der Waals surface area contributed by atoms with Crippen LogP contribution < -0.4 is 4.90 Å². The summed E-state index contributed by atoms with van der Waals surface area (Å²) >= 11 is 0. The number of nitrogens with zero attached hydrogens (tertiary/aromatic N) is 1. The SMILES string of the molecule is CC1CCC(=O)C(CN2CCCCc3ccccc32)C1. The van der Waals surface area contributed by atoms with Crippen molar-refractivity contribution in [1.82, 2.24) is 0 Å². The molecular formula is C18H25NO. The highest BCUT2D eigenvalue weighted by atomic mass is 16.1. The number of Topliss-reactive ketones (excluding diaryl/α,β-unsaturated/α-hetero) is 1. The Labute approximate surface area is 122 Å². The number of fused-ring (bicyclic) bond motifs is 1.